The van der Waals surface area contributed by atoms with E-state index in [1.54, 1.807) is 0 Å². The van der Waals surface area contributed by atoms with Gasteiger partial charge in [0, 0.05) is 14.2 Å². The Labute approximate surface area is 159 Å². The molecule has 0 bridgehead atoms. The first kappa shape index (κ1) is 21.2. The lowest BCUT2D eigenvalue weighted by molar-refractivity contribution is -0.291. The van der Waals surface area contributed by atoms with Crippen molar-refractivity contribution >= 4 is 17.7 Å². The Morgan fingerprint density at radius 2 is 1.56 bits per heavy atom. The van der Waals surface area contributed by atoms with E-state index in [2.05, 4.69) is 0 Å². The van der Waals surface area contributed by atoms with Gasteiger partial charge in [-0.2, -0.15) is 0 Å². The summed E-state index contributed by atoms with van der Waals surface area (Å²) in [6.45, 7) is -0.123. The zero-order valence-electron chi connectivity index (χ0n) is 14.8. The fourth-order valence-corrected chi connectivity index (χ4v) is 4.79. The molecule has 5 N–H and O–H groups in total. The molecule has 0 aromatic rings. The lowest BCUT2D eigenvalue weighted by Crippen LogP contribution is -2.61. The molecule has 0 spiro atoms. The molecule has 0 saturated carbocycles. The number of aliphatic hydroxyl groups is 5. The number of ether oxygens (including phenoxy) is 4. The molecule has 27 heavy (non-hydrogen) atoms. The number of nitrogens with zero attached hydrogens (tertiary/aromatic N) is 1. The zero-order chi connectivity index (χ0) is 19.9. The SMILES string of the molecule is CO[C@H]1O[C@H](CN2C(=O)CS[C@H]2C2O[C@@H](OC)[C@H](O)[C@@H]2O)[C@@H](O)[C@H](O)[C@H]1O. The molecule has 1 amide bonds. The van der Waals surface area contributed by atoms with Crippen molar-refractivity contribution in [2.75, 3.05) is 26.5 Å². The first-order valence-corrected chi connectivity index (χ1v) is 9.53. The third kappa shape index (κ3) is 3.83. The van der Waals surface area contributed by atoms with E-state index in [4.69, 9.17) is 18.9 Å². The molecule has 11 nitrogen and oxygen atoms in total. The van der Waals surface area contributed by atoms with Gasteiger partial charge in [-0.3, -0.25) is 4.79 Å². The topological polar surface area (TPSA) is 158 Å². The Kier molecular flexibility index (Phi) is 6.63. The molecule has 0 aromatic heterocycles. The summed E-state index contributed by atoms with van der Waals surface area (Å²) >= 11 is 1.22. The van der Waals surface area contributed by atoms with Gasteiger partial charge in [-0.15, -0.1) is 11.8 Å². The second-order valence-corrected chi connectivity index (χ2v) is 7.79. The molecule has 3 saturated heterocycles. The summed E-state index contributed by atoms with van der Waals surface area (Å²) in [5, 5.41) is 49.6. The van der Waals surface area contributed by atoms with Crippen LogP contribution in [0.1, 0.15) is 0 Å². The van der Waals surface area contributed by atoms with Gasteiger partial charge >= 0.3 is 0 Å². The van der Waals surface area contributed by atoms with Crippen molar-refractivity contribution in [3.05, 3.63) is 0 Å². The van der Waals surface area contributed by atoms with Gasteiger partial charge in [0.2, 0.25) is 5.91 Å². The van der Waals surface area contributed by atoms with Crippen LogP contribution in [0.2, 0.25) is 0 Å². The van der Waals surface area contributed by atoms with Crippen LogP contribution in [0.15, 0.2) is 0 Å². The number of carbonyl (C=O) groups is 1. The van der Waals surface area contributed by atoms with Crippen molar-refractivity contribution in [1.82, 2.24) is 4.90 Å². The van der Waals surface area contributed by atoms with Gasteiger partial charge in [0.05, 0.1) is 12.3 Å². The van der Waals surface area contributed by atoms with E-state index in [1.807, 2.05) is 0 Å². The molecular formula is C15H25NO10S. The number of aliphatic hydroxyl groups excluding tert-OH is 5. The molecule has 3 heterocycles. The third-order valence-electron chi connectivity index (χ3n) is 5.05. The first-order chi connectivity index (χ1) is 12.8. The molecule has 0 aromatic carbocycles. The molecule has 156 valence electrons. The van der Waals surface area contributed by atoms with E-state index in [0.717, 1.165) is 0 Å². The maximum absolute atomic E-state index is 12.4. The number of amides is 1. The van der Waals surface area contributed by atoms with Crippen molar-refractivity contribution in [3.63, 3.8) is 0 Å². The summed E-state index contributed by atoms with van der Waals surface area (Å²) in [6, 6.07) is 0. The monoisotopic (exact) mass is 411 g/mol. The predicted molar refractivity (Wildman–Crippen MR) is 89.3 cm³/mol. The summed E-state index contributed by atoms with van der Waals surface area (Å²) in [5.41, 5.74) is 0. The van der Waals surface area contributed by atoms with Gasteiger partial charge in [-0.25, -0.2) is 0 Å². The zero-order valence-corrected chi connectivity index (χ0v) is 15.6. The largest absolute Gasteiger partial charge is 0.388 e. The lowest BCUT2D eigenvalue weighted by Gasteiger charge is -2.42. The van der Waals surface area contributed by atoms with Gasteiger partial charge in [0.15, 0.2) is 12.6 Å². The van der Waals surface area contributed by atoms with E-state index in [0.29, 0.717) is 0 Å². The van der Waals surface area contributed by atoms with Crippen LogP contribution in [-0.4, -0.2) is 124 Å². The van der Waals surface area contributed by atoms with Crippen LogP contribution in [-0.2, 0) is 23.7 Å². The van der Waals surface area contributed by atoms with Gasteiger partial charge in [-0.05, 0) is 0 Å². The molecule has 3 fully saturated rings. The molecule has 3 aliphatic heterocycles. The van der Waals surface area contributed by atoms with E-state index in [1.165, 1.54) is 30.9 Å². The minimum Gasteiger partial charge on any atom is -0.388 e. The Morgan fingerprint density at radius 3 is 2.15 bits per heavy atom. The standard InChI is InChI=1S/C15H25NO10S/c1-23-14-10(21)8(19)7(18)5(25-14)3-16-6(17)4-27-13(16)12-9(20)11(22)15(24-2)26-12/h5,7-15,18-22H,3-4H2,1-2H3/t5-,7-,8+,9+,10-,11-,12?,13+,14+,15-/m1/s1. The molecule has 0 aliphatic carbocycles. The maximum Gasteiger partial charge on any atom is 0.233 e. The minimum atomic E-state index is -1.51. The van der Waals surface area contributed by atoms with Gasteiger partial charge in [0.1, 0.15) is 48.1 Å². The molecule has 0 radical (unpaired) electrons. The fraction of sp³-hybridized carbons (Fsp3) is 0.933. The molecule has 1 unspecified atom stereocenters. The molecule has 3 aliphatic rings. The van der Waals surface area contributed by atoms with Crippen LogP contribution in [0.4, 0.5) is 0 Å². The molecule has 12 heteroatoms. The number of hydrogen-bond acceptors (Lipinski definition) is 11. The Balaban J connectivity index is 1.73. The van der Waals surface area contributed by atoms with Crippen LogP contribution in [0, 0.1) is 0 Å². The van der Waals surface area contributed by atoms with Crippen molar-refractivity contribution in [2.45, 2.75) is 60.7 Å². The van der Waals surface area contributed by atoms with E-state index < -0.39 is 60.7 Å². The number of hydrogen-bond donors (Lipinski definition) is 5. The van der Waals surface area contributed by atoms with Crippen LogP contribution in [0.3, 0.4) is 0 Å². The molecule has 10 atom stereocenters. The second-order valence-electron chi connectivity index (χ2n) is 6.68. The van der Waals surface area contributed by atoms with Crippen molar-refractivity contribution in [1.29, 1.82) is 0 Å². The Bertz CT molecular complexity index is 539. The fourth-order valence-electron chi connectivity index (χ4n) is 3.51. The summed E-state index contributed by atoms with van der Waals surface area (Å²) in [4.78, 5) is 13.7. The number of methoxy groups -OCH3 is 2. The highest BCUT2D eigenvalue weighted by atomic mass is 32.2. The highest BCUT2D eigenvalue weighted by Crippen LogP contribution is 2.36. The highest BCUT2D eigenvalue weighted by molar-refractivity contribution is 8.01. The third-order valence-corrected chi connectivity index (χ3v) is 6.33. The van der Waals surface area contributed by atoms with E-state index >= 15 is 0 Å². The number of thioether (sulfide) groups is 1. The quantitative estimate of drug-likeness (QED) is 0.305. The van der Waals surface area contributed by atoms with E-state index in [-0.39, 0.29) is 18.2 Å². The van der Waals surface area contributed by atoms with Gasteiger partial charge < -0.3 is 49.4 Å². The average molecular weight is 411 g/mol. The smallest absolute Gasteiger partial charge is 0.233 e. The maximum atomic E-state index is 12.4. The molecular weight excluding hydrogens is 386 g/mol. The lowest BCUT2D eigenvalue weighted by atomic mass is 9.98. The van der Waals surface area contributed by atoms with E-state index in [9.17, 15) is 30.3 Å². The minimum absolute atomic E-state index is 0.118. The van der Waals surface area contributed by atoms with Crippen molar-refractivity contribution in [3.8, 4) is 0 Å². The summed E-state index contributed by atoms with van der Waals surface area (Å²) < 4.78 is 21.0. The van der Waals surface area contributed by atoms with Crippen molar-refractivity contribution in [2.24, 2.45) is 0 Å². The van der Waals surface area contributed by atoms with Gasteiger partial charge in [0.25, 0.3) is 0 Å². The second kappa shape index (κ2) is 8.45. The van der Waals surface area contributed by atoms with Gasteiger partial charge in [-0.1, -0.05) is 0 Å². The summed E-state index contributed by atoms with van der Waals surface area (Å²) in [6.07, 6.45) is -11.0. The van der Waals surface area contributed by atoms with Crippen LogP contribution < -0.4 is 0 Å². The molecule has 3 rings (SSSR count). The average Bonchev–Trinajstić information content (AvgIpc) is 3.15. The first-order valence-electron chi connectivity index (χ1n) is 8.48. The van der Waals surface area contributed by atoms with Crippen molar-refractivity contribution < 1.29 is 49.3 Å². The highest BCUT2D eigenvalue weighted by Gasteiger charge is 2.52. The van der Waals surface area contributed by atoms with Crippen LogP contribution in [0.5, 0.6) is 0 Å². The number of rotatable bonds is 5. The predicted octanol–water partition coefficient (Wildman–Crippen LogP) is -3.56. The Hall–Kier alpha value is -0.540. The number of carbonyl (C=O) groups excluding carboxylic acids is 1. The normalized spacial score (nSPS) is 48.4. The Morgan fingerprint density at radius 1 is 0.963 bits per heavy atom. The summed E-state index contributed by atoms with van der Waals surface area (Å²) in [5.74, 6) is -0.159. The van der Waals surface area contributed by atoms with Crippen LogP contribution >= 0.6 is 11.8 Å². The van der Waals surface area contributed by atoms with Crippen LogP contribution in [0.25, 0.3) is 0 Å². The summed E-state index contributed by atoms with van der Waals surface area (Å²) in [7, 11) is 2.61.